The minimum Gasteiger partial charge on any atom is -0.365 e. The van der Waals surface area contributed by atoms with Crippen molar-refractivity contribution < 1.29 is 23.6 Å². The second kappa shape index (κ2) is 6.41. The van der Waals surface area contributed by atoms with Crippen LogP contribution in [0, 0.1) is 5.82 Å². The minimum atomic E-state index is -1.06. The van der Waals surface area contributed by atoms with Gasteiger partial charge in [0.1, 0.15) is 11.9 Å². The molecule has 3 heterocycles. The summed E-state index contributed by atoms with van der Waals surface area (Å²) in [7, 11) is 0. The fraction of sp³-hybridized carbons (Fsp3) is 0.444. The third-order valence-electron chi connectivity index (χ3n) is 5.47. The number of carbonyl (C=O) groups is 4. The number of benzene rings is 1. The second-order valence-corrected chi connectivity index (χ2v) is 7.02. The molecular formula is C18H19FN4O4. The molecule has 0 radical (unpaired) electrons. The normalized spacial score (nSPS) is 25.3. The molecule has 8 nitrogen and oxygen atoms in total. The summed E-state index contributed by atoms with van der Waals surface area (Å²) >= 11 is 0. The summed E-state index contributed by atoms with van der Waals surface area (Å²) in [4.78, 5) is 51.6. The highest BCUT2D eigenvalue weighted by atomic mass is 19.1. The molecule has 1 aromatic carbocycles. The second-order valence-electron chi connectivity index (χ2n) is 7.02. The molecule has 3 aliphatic rings. The molecule has 0 spiro atoms. The molecule has 142 valence electrons. The molecule has 9 heteroatoms. The average molecular weight is 374 g/mol. The molecule has 27 heavy (non-hydrogen) atoms. The molecule has 1 unspecified atom stereocenters. The highest BCUT2D eigenvalue weighted by molar-refractivity contribution is 6.23. The molecule has 1 aromatic rings. The molecule has 0 aliphatic carbocycles. The van der Waals surface area contributed by atoms with Crippen LogP contribution in [0.4, 0.5) is 10.1 Å². The first kappa shape index (κ1) is 17.6. The Kier molecular flexibility index (Phi) is 4.18. The molecule has 2 saturated heterocycles. The Labute approximate surface area is 154 Å². The fourth-order valence-corrected chi connectivity index (χ4v) is 4.10. The van der Waals surface area contributed by atoms with E-state index in [1.807, 2.05) is 4.90 Å². The van der Waals surface area contributed by atoms with Gasteiger partial charge in [-0.2, -0.15) is 0 Å². The molecule has 3 aliphatic heterocycles. The van der Waals surface area contributed by atoms with E-state index >= 15 is 0 Å². The van der Waals surface area contributed by atoms with Gasteiger partial charge in [0, 0.05) is 25.6 Å². The SMILES string of the molecule is NC[C@H]1CCCN1c1cc2c(cc1F)C(=O)N(C1CCC(=O)NC1=O)C2=O. The highest BCUT2D eigenvalue weighted by Crippen LogP contribution is 2.35. The van der Waals surface area contributed by atoms with E-state index in [0.29, 0.717) is 13.1 Å². The molecule has 0 bridgehead atoms. The Morgan fingerprint density at radius 2 is 1.81 bits per heavy atom. The zero-order valence-electron chi connectivity index (χ0n) is 14.5. The van der Waals surface area contributed by atoms with Crippen molar-refractivity contribution in [3.05, 3.63) is 29.1 Å². The number of amides is 4. The quantitative estimate of drug-likeness (QED) is 0.729. The first-order chi connectivity index (χ1) is 12.9. The van der Waals surface area contributed by atoms with Gasteiger partial charge < -0.3 is 10.6 Å². The van der Waals surface area contributed by atoms with Crippen LogP contribution in [-0.4, -0.2) is 53.7 Å². The van der Waals surface area contributed by atoms with Crippen LogP contribution < -0.4 is 16.0 Å². The van der Waals surface area contributed by atoms with Crippen molar-refractivity contribution in [3.63, 3.8) is 0 Å². The van der Waals surface area contributed by atoms with Crippen molar-refractivity contribution in [3.8, 4) is 0 Å². The fourth-order valence-electron chi connectivity index (χ4n) is 4.10. The number of hydrogen-bond acceptors (Lipinski definition) is 6. The van der Waals surface area contributed by atoms with Gasteiger partial charge in [-0.3, -0.25) is 29.4 Å². The van der Waals surface area contributed by atoms with Crippen LogP contribution in [-0.2, 0) is 9.59 Å². The number of hydrogen-bond donors (Lipinski definition) is 2. The predicted molar refractivity (Wildman–Crippen MR) is 92.5 cm³/mol. The molecule has 3 N–H and O–H groups in total. The standard InChI is InChI=1S/C18H19FN4O4/c19-12-6-10-11(7-14(12)22-5-1-2-9(22)8-20)18(27)23(17(10)26)13-3-4-15(24)21-16(13)25/h6-7,9,13H,1-5,8,20H2,(H,21,24,25)/t9-,13?/m1/s1. The van der Waals surface area contributed by atoms with Crippen LogP contribution in [0.5, 0.6) is 0 Å². The Balaban J connectivity index is 1.69. The number of nitrogens with one attached hydrogen (secondary N) is 1. The number of imide groups is 2. The van der Waals surface area contributed by atoms with Gasteiger partial charge in [-0.05, 0) is 31.4 Å². The summed E-state index contributed by atoms with van der Waals surface area (Å²) in [6, 6.07) is 1.36. The van der Waals surface area contributed by atoms with Crippen molar-refractivity contribution in [1.82, 2.24) is 10.2 Å². The minimum absolute atomic E-state index is 0.0176. The molecule has 2 atom stereocenters. The molecule has 4 rings (SSSR count). The predicted octanol–water partition coefficient (Wildman–Crippen LogP) is 0.154. The number of anilines is 1. The lowest BCUT2D eigenvalue weighted by atomic mass is 10.0. The van der Waals surface area contributed by atoms with Crippen molar-refractivity contribution in [2.24, 2.45) is 5.73 Å². The maximum atomic E-state index is 14.7. The first-order valence-electron chi connectivity index (χ1n) is 8.94. The number of halogens is 1. The van der Waals surface area contributed by atoms with Gasteiger partial charge in [-0.25, -0.2) is 4.39 Å². The van der Waals surface area contributed by atoms with Crippen molar-refractivity contribution in [1.29, 1.82) is 0 Å². The van der Waals surface area contributed by atoms with E-state index in [2.05, 4.69) is 5.32 Å². The maximum absolute atomic E-state index is 14.7. The van der Waals surface area contributed by atoms with Gasteiger partial charge in [0.25, 0.3) is 11.8 Å². The Morgan fingerprint density at radius 3 is 2.48 bits per heavy atom. The monoisotopic (exact) mass is 374 g/mol. The summed E-state index contributed by atoms with van der Waals surface area (Å²) in [5.41, 5.74) is 6.01. The summed E-state index contributed by atoms with van der Waals surface area (Å²) in [5, 5.41) is 2.13. The van der Waals surface area contributed by atoms with Gasteiger partial charge >= 0.3 is 0 Å². The van der Waals surface area contributed by atoms with Gasteiger partial charge in [0.15, 0.2) is 0 Å². The van der Waals surface area contributed by atoms with E-state index in [-0.39, 0.29) is 35.7 Å². The van der Waals surface area contributed by atoms with Gasteiger partial charge in [-0.1, -0.05) is 0 Å². The Bertz CT molecular complexity index is 871. The van der Waals surface area contributed by atoms with Crippen LogP contribution in [0.1, 0.15) is 46.4 Å². The maximum Gasteiger partial charge on any atom is 0.262 e. The van der Waals surface area contributed by atoms with Crippen molar-refractivity contribution in [2.75, 3.05) is 18.0 Å². The summed E-state index contributed by atoms with van der Waals surface area (Å²) < 4.78 is 14.7. The number of carbonyl (C=O) groups excluding carboxylic acids is 4. The van der Waals surface area contributed by atoms with Crippen LogP contribution in [0.25, 0.3) is 0 Å². The van der Waals surface area contributed by atoms with Crippen LogP contribution in [0.2, 0.25) is 0 Å². The first-order valence-corrected chi connectivity index (χ1v) is 8.94. The van der Waals surface area contributed by atoms with Crippen LogP contribution >= 0.6 is 0 Å². The molecule has 0 saturated carbocycles. The van der Waals surface area contributed by atoms with Gasteiger partial charge in [0.2, 0.25) is 11.8 Å². The van der Waals surface area contributed by atoms with Crippen LogP contribution in [0.3, 0.4) is 0 Å². The largest absolute Gasteiger partial charge is 0.365 e. The molecule has 2 fully saturated rings. The van der Waals surface area contributed by atoms with E-state index in [9.17, 15) is 23.6 Å². The molecule has 4 amide bonds. The lowest BCUT2D eigenvalue weighted by Crippen LogP contribution is -2.54. The highest BCUT2D eigenvalue weighted by Gasteiger charge is 2.45. The summed E-state index contributed by atoms with van der Waals surface area (Å²) in [6.45, 7) is 0.988. The van der Waals surface area contributed by atoms with E-state index in [0.717, 1.165) is 23.8 Å². The zero-order valence-corrected chi connectivity index (χ0v) is 14.5. The van der Waals surface area contributed by atoms with Gasteiger partial charge in [0.05, 0.1) is 16.8 Å². The lowest BCUT2D eigenvalue weighted by molar-refractivity contribution is -0.136. The topological polar surface area (TPSA) is 113 Å². The van der Waals surface area contributed by atoms with E-state index in [1.54, 1.807) is 0 Å². The number of rotatable bonds is 3. The van der Waals surface area contributed by atoms with Crippen molar-refractivity contribution >= 4 is 29.3 Å². The lowest BCUT2D eigenvalue weighted by Gasteiger charge is -2.27. The molecular weight excluding hydrogens is 355 g/mol. The Hall–Kier alpha value is -2.81. The average Bonchev–Trinajstić information content (AvgIpc) is 3.19. The van der Waals surface area contributed by atoms with Gasteiger partial charge in [-0.15, -0.1) is 0 Å². The number of fused-ring (bicyclic) bond motifs is 1. The number of piperidine rings is 1. The van der Waals surface area contributed by atoms with E-state index in [1.165, 1.54) is 6.07 Å². The zero-order chi connectivity index (χ0) is 19.3. The number of nitrogens with zero attached hydrogens (tertiary/aromatic N) is 2. The number of nitrogens with two attached hydrogens (primary N) is 1. The summed E-state index contributed by atoms with van der Waals surface area (Å²) in [6.07, 6.45) is 1.80. The van der Waals surface area contributed by atoms with E-state index in [4.69, 9.17) is 5.73 Å². The summed E-state index contributed by atoms with van der Waals surface area (Å²) in [5.74, 6) is -3.09. The third-order valence-corrected chi connectivity index (χ3v) is 5.47. The Morgan fingerprint density at radius 1 is 1.11 bits per heavy atom. The molecule has 0 aromatic heterocycles. The third kappa shape index (κ3) is 2.69. The van der Waals surface area contributed by atoms with E-state index < -0.39 is 35.5 Å². The smallest absolute Gasteiger partial charge is 0.262 e. The van der Waals surface area contributed by atoms with Crippen molar-refractivity contribution in [2.45, 2.75) is 37.8 Å². The van der Waals surface area contributed by atoms with Crippen LogP contribution in [0.15, 0.2) is 12.1 Å².